The number of unbranched alkanes of at least 4 members (excludes halogenated alkanes) is 4. The lowest BCUT2D eigenvalue weighted by molar-refractivity contribution is -0.180. The molecule has 1 saturated heterocycles. The van der Waals surface area contributed by atoms with Gasteiger partial charge in [0.05, 0.1) is 18.9 Å². The van der Waals surface area contributed by atoms with Gasteiger partial charge in [0.2, 0.25) is 0 Å². The Hall–Kier alpha value is -1.39. The molecule has 0 radical (unpaired) electrons. The molecule has 2 aliphatic rings. The molecule has 2 heterocycles. The van der Waals surface area contributed by atoms with E-state index in [-0.39, 0.29) is 5.91 Å². The van der Waals surface area contributed by atoms with Crippen molar-refractivity contribution >= 4 is 11.6 Å². The van der Waals surface area contributed by atoms with Crippen LogP contribution >= 0.6 is 0 Å². The maximum atomic E-state index is 12.9. The number of para-hydroxylation sites is 1. The largest absolute Gasteiger partial charge is 0.336 e. The second-order valence-electron chi connectivity index (χ2n) is 6.16. The summed E-state index contributed by atoms with van der Waals surface area (Å²) in [5.74, 6) is -1.23. The fourth-order valence-corrected chi connectivity index (χ4v) is 3.46. The van der Waals surface area contributed by atoms with E-state index in [9.17, 15) is 4.79 Å². The van der Waals surface area contributed by atoms with Gasteiger partial charge in [0.1, 0.15) is 0 Å². The highest BCUT2D eigenvalue weighted by Crippen LogP contribution is 2.47. The van der Waals surface area contributed by atoms with E-state index in [4.69, 9.17) is 9.47 Å². The number of rotatable bonds is 6. The first-order valence-corrected chi connectivity index (χ1v) is 8.40. The summed E-state index contributed by atoms with van der Waals surface area (Å²) in [6, 6.07) is 5.98. The molecular formula is C18H25NO3. The summed E-state index contributed by atoms with van der Waals surface area (Å²) in [5, 5.41) is 0. The highest BCUT2D eigenvalue weighted by atomic mass is 16.7. The third-order valence-electron chi connectivity index (χ3n) is 4.57. The van der Waals surface area contributed by atoms with Crippen LogP contribution in [0.4, 0.5) is 5.69 Å². The lowest BCUT2D eigenvalue weighted by atomic mass is 10.0. The molecule has 0 aliphatic carbocycles. The average molecular weight is 303 g/mol. The van der Waals surface area contributed by atoms with Crippen LogP contribution in [0.3, 0.4) is 0 Å². The highest BCUT2D eigenvalue weighted by Gasteiger charge is 2.56. The van der Waals surface area contributed by atoms with Gasteiger partial charge in [-0.1, -0.05) is 50.8 Å². The van der Waals surface area contributed by atoms with Crippen molar-refractivity contribution in [2.75, 3.05) is 24.7 Å². The molecule has 0 saturated carbocycles. The van der Waals surface area contributed by atoms with Crippen molar-refractivity contribution in [1.82, 2.24) is 0 Å². The fraction of sp³-hybridized carbons (Fsp3) is 0.611. The molecule has 4 heteroatoms. The van der Waals surface area contributed by atoms with E-state index < -0.39 is 5.79 Å². The molecule has 2 aliphatic heterocycles. The normalized spacial score (nSPS) is 19.2. The van der Waals surface area contributed by atoms with Crippen molar-refractivity contribution in [2.45, 2.75) is 51.7 Å². The van der Waals surface area contributed by atoms with Gasteiger partial charge in [-0.05, 0) is 18.9 Å². The molecule has 0 atom stereocenters. The van der Waals surface area contributed by atoms with Crippen molar-refractivity contribution in [3.8, 4) is 0 Å². The second kappa shape index (κ2) is 6.39. The van der Waals surface area contributed by atoms with Crippen molar-refractivity contribution in [1.29, 1.82) is 0 Å². The number of benzene rings is 1. The van der Waals surface area contributed by atoms with E-state index in [1.807, 2.05) is 30.0 Å². The molecule has 1 fully saturated rings. The molecule has 0 N–H and O–H groups in total. The minimum absolute atomic E-state index is 0.0511. The van der Waals surface area contributed by atoms with Gasteiger partial charge >= 0.3 is 0 Å². The summed E-state index contributed by atoms with van der Waals surface area (Å²) in [7, 11) is 0. The first-order chi connectivity index (χ1) is 10.7. The van der Waals surface area contributed by atoms with Crippen LogP contribution in [0.15, 0.2) is 18.2 Å². The SMILES string of the molecule is CCCCCCCN1C(=O)C2(OCCO2)c2cccc(C)c21. The Kier molecular flexibility index (Phi) is 4.50. The number of hydrogen-bond donors (Lipinski definition) is 0. The van der Waals surface area contributed by atoms with Crippen molar-refractivity contribution in [2.24, 2.45) is 0 Å². The van der Waals surface area contributed by atoms with E-state index in [1.54, 1.807) is 0 Å². The Morgan fingerprint density at radius 1 is 1.14 bits per heavy atom. The molecule has 22 heavy (non-hydrogen) atoms. The first-order valence-electron chi connectivity index (χ1n) is 8.40. The van der Waals surface area contributed by atoms with E-state index in [0.717, 1.165) is 36.2 Å². The Morgan fingerprint density at radius 2 is 1.86 bits per heavy atom. The van der Waals surface area contributed by atoms with Gasteiger partial charge in [0.15, 0.2) is 0 Å². The minimum Gasteiger partial charge on any atom is -0.336 e. The minimum atomic E-state index is -1.18. The Bertz CT molecular complexity index is 549. The zero-order valence-corrected chi connectivity index (χ0v) is 13.6. The van der Waals surface area contributed by atoms with E-state index in [0.29, 0.717) is 13.2 Å². The predicted octanol–water partition coefficient (Wildman–Crippen LogP) is 3.51. The van der Waals surface area contributed by atoms with Crippen LogP contribution in [0.1, 0.15) is 50.2 Å². The highest BCUT2D eigenvalue weighted by molar-refractivity contribution is 6.07. The number of hydrogen-bond acceptors (Lipinski definition) is 3. The maximum absolute atomic E-state index is 12.9. The van der Waals surface area contributed by atoms with Crippen molar-refractivity contribution in [3.63, 3.8) is 0 Å². The lowest BCUT2D eigenvalue weighted by Gasteiger charge is -2.22. The second-order valence-corrected chi connectivity index (χ2v) is 6.16. The Morgan fingerprint density at radius 3 is 2.59 bits per heavy atom. The fourth-order valence-electron chi connectivity index (χ4n) is 3.46. The molecule has 4 nitrogen and oxygen atoms in total. The van der Waals surface area contributed by atoms with Crippen molar-refractivity contribution < 1.29 is 14.3 Å². The topological polar surface area (TPSA) is 38.8 Å². The molecule has 120 valence electrons. The van der Waals surface area contributed by atoms with E-state index in [1.165, 1.54) is 19.3 Å². The van der Waals surface area contributed by atoms with Gasteiger partial charge in [0.25, 0.3) is 11.7 Å². The predicted molar refractivity (Wildman–Crippen MR) is 85.9 cm³/mol. The zero-order valence-electron chi connectivity index (χ0n) is 13.6. The van der Waals surface area contributed by atoms with Crippen LogP contribution < -0.4 is 4.90 Å². The van der Waals surface area contributed by atoms with Crippen molar-refractivity contribution in [3.05, 3.63) is 29.3 Å². The van der Waals surface area contributed by atoms with Gasteiger partial charge in [-0.3, -0.25) is 4.79 Å². The lowest BCUT2D eigenvalue weighted by Crippen LogP contribution is -2.41. The quantitative estimate of drug-likeness (QED) is 0.755. The summed E-state index contributed by atoms with van der Waals surface area (Å²) in [6.07, 6.45) is 5.91. The molecule has 3 rings (SSSR count). The third kappa shape index (κ3) is 2.44. The van der Waals surface area contributed by atoms with Crippen LogP contribution in [0.2, 0.25) is 0 Å². The molecule has 1 amide bonds. The zero-order chi connectivity index (χ0) is 15.6. The maximum Gasteiger partial charge on any atom is 0.292 e. The number of carbonyl (C=O) groups is 1. The van der Waals surface area contributed by atoms with E-state index >= 15 is 0 Å². The Labute approximate surface area is 132 Å². The number of ether oxygens (including phenoxy) is 2. The summed E-state index contributed by atoms with van der Waals surface area (Å²) in [6.45, 7) is 5.95. The van der Waals surface area contributed by atoms with Crippen LogP contribution in [0.5, 0.6) is 0 Å². The third-order valence-corrected chi connectivity index (χ3v) is 4.57. The summed E-state index contributed by atoms with van der Waals surface area (Å²) in [4.78, 5) is 14.8. The van der Waals surface area contributed by atoms with Crippen LogP contribution in [-0.2, 0) is 20.1 Å². The molecule has 0 aromatic heterocycles. The molecule has 0 bridgehead atoms. The van der Waals surface area contributed by atoms with Gasteiger partial charge in [0, 0.05) is 12.1 Å². The molecule has 1 spiro atoms. The smallest absolute Gasteiger partial charge is 0.292 e. The summed E-state index contributed by atoms with van der Waals surface area (Å²) in [5.41, 5.74) is 2.98. The molecule has 0 unspecified atom stereocenters. The number of aryl methyl sites for hydroxylation is 1. The first kappa shape index (κ1) is 15.5. The van der Waals surface area contributed by atoms with Crippen LogP contribution in [0, 0.1) is 6.92 Å². The number of amides is 1. The Balaban J connectivity index is 1.81. The number of carbonyl (C=O) groups excluding carboxylic acids is 1. The molecule has 1 aromatic carbocycles. The van der Waals surface area contributed by atoms with Gasteiger partial charge in [-0.2, -0.15) is 0 Å². The van der Waals surface area contributed by atoms with Gasteiger partial charge in [-0.15, -0.1) is 0 Å². The summed E-state index contributed by atoms with van der Waals surface area (Å²) < 4.78 is 11.5. The van der Waals surface area contributed by atoms with E-state index in [2.05, 4.69) is 6.92 Å². The monoisotopic (exact) mass is 303 g/mol. The summed E-state index contributed by atoms with van der Waals surface area (Å²) >= 11 is 0. The van der Waals surface area contributed by atoms with Crippen LogP contribution in [-0.4, -0.2) is 25.7 Å². The molecular weight excluding hydrogens is 278 g/mol. The number of anilines is 1. The van der Waals surface area contributed by atoms with Crippen LogP contribution in [0.25, 0.3) is 0 Å². The average Bonchev–Trinajstić information content (AvgIpc) is 3.09. The van der Waals surface area contributed by atoms with Gasteiger partial charge < -0.3 is 14.4 Å². The van der Waals surface area contributed by atoms with Gasteiger partial charge in [-0.25, -0.2) is 0 Å². The number of nitrogens with zero attached hydrogens (tertiary/aromatic N) is 1. The number of fused-ring (bicyclic) bond motifs is 2. The standard InChI is InChI=1S/C18H25NO3/c1-3-4-5-6-7-11-19-16-14(2)9-8-10-15(16)18(17(19)20)21-12-13-22-18/h8-10H,3-7,11-13H2,1-2H3. The molecule has 1 aromatic rings.